The molecule has 0 saturated heterocycles. The van der Waals surface area contributed by atoms with Gasteiger partial charge in [0.2, 0.25) is 5.82 Å². The van der Waals surface area contributed by atoms with Crippen molar-refractivity contribution in [1.82, 2.24) is 15.1 Å². The number of nitrogens with two attached hydrogens (primary N) is 1. The molecule has 0 unspecified atom stereocenters. The van der Waals surface area contributed by atoms with E-state index in [-0.39, 0.29) is 0 Å². The van der Waals surface area contributed by atoms with Gasteiger partial charge in [0.05, 0.1) is 5.69 Å². The lowest BCUT2D eigenvalue weighted by Gasteiger charge is -2.19. The van der Waals surface area contributed by atoms with E-state index < -0.39 is 5.60 Å². The summed E-state index contributed by atoms with van der Waals surface area (Å²) < 4.78 is 10.8. The van der Waals surface area contributed by atoms with Gasteiger partial charge in [0, 0.05) is 6.61 Å². The Bertz CT molecular complexity index is 547. The van der Waals surface area contributed by atoms with Crippen molar-refractivity contribution in [2.24, 2.45) is 0 Å². The van der Waals surface area contributed by atoms with Crippen LogP contribution >= 0.6 is 11.3 Å². The van der Waals surface area contributed by atoms with Gasteiger partial charge in [-0.2, -0.15) is 4.98 Å². The van der Waals surface area contributed by atoms with Crippen LogP contribution in [0.4, 0.5) is 5.13 Å². The molecule has 0 atom stereocenters. The third-order valence-electron chi connectivity index (χ3n) is 2.48. The van der Waals surface area contributed by atoms with E-state index in [9.17, 15) is 0 Å². The maximum atomic E-state index is 5.65. The Hall–Kier alpha value is -1.47. The molecule has 18 heavy (non-hydrogen) atoms. The third kappa shape index (κ3) is 2.37. The zero-order chi connectivity index (χ0) is 13.3. The summed E-state index contributed by atoms with van der Waals surface area (Å²) in [6.07, 6.45) is 0. The monoisotopic (exact) mass is 268 g/mol. The van der Waals surface area contributed by atoms with Crippen molar-refractivity contribution < 1.29 is 9.26 Å². The maximum absolute atomic E-state index is 5.65. The highest BCUT2D eigenvalue weighted by Gasteiger charge is 2.28. The van der Waals surface area contributed by atoms with Crippen LogP contribution in [0.1, 0.15) is 32.3 Å². The van der Waals surface area contributed by atoms with E-state index in [0.29, 0.717) is 23.5 Å². The van der Waals surface area contributed by atoms with Crippen molar-refractivity contribution in [2.75, 3.05) is 12.3 Å². The smallest absolute Gasteiger partial charge is 0.270 e. The van der Waals surface area contributed by atoms with Gasteiger partial charge in [-0.25, -0.2) is 4.98 Å². The van der Waals surface area contributed by atoms with E-state index in [1.165, 1.54) is 11.3 Å². The molecule has 2 N–H and O–H groups in total. The van der Waals surface area contributed by atoms with Crippen LogP contribution in [0.3, 0.4) is 0 Å². The highest BCUT2D eigenvalue weighted by molar-refractivity contribution is 7.18. The molecule has 0 saturated carbocycles. The van der Waals surface area contributed by atoms with E-state index in [1.807, 2.05) is 27.7 Å². The Morgan fingerprint density at radius 3 is 2.67 bits per heavy atom. The average Bonchev–Trinajstić information content (AvgIpc) is 2.85. The lowest BCUT2D eigenvalue weighted by Crippen LogP contribution is -2.23. The van der Waals surface area contributed by atoms with Gasteiger partial charge in [0.25, 0.3) is 5.89 Å². The standard InChI is InChI=1S/C11H16N4O2S/c1-5-16-11(3,4)9-14-8(17-15-9)7-6(2)13-10(12)18-7/h5H2,1-4H3,(H2,12,13). The number of anilines is 1. The van der Waals surface area contributed by atoms with Crippen LogP contribution in [0, 0.1) is 6.92 Å². The molecule has 0 amide bonds. The zero-order valence-electron chi connectivity index (χ0n) is 10.9. The van der Waals surface area contributed by atoms with Crippen molar-refractivity contribution in [1.29, 1.82) is 0 Å². The molecular formula is C11H16N4O2S. The Morgan fingerprint density at radius 2 is 2.11 bits per heavy atom. The van der Waals surface area contributed by atoms with Crippen LogP contribution in [0.5, 0.6) is 0 Å². The molecule has 6 nitrogen and oxygen atoms in total. The van der Waals surface area contributed by atoms with Crippen LogP contribution in [0.15, 0.2) is 4.52 Å². The lowest BCUT2D eigenvalue weighted by atomic mass is 10.1. The van der Waals surface area contributed by atoms with E-state index in [0.717, 1.165) is 10.6 Å². The Kier molecular flexibility index (Phi) is 3.36. The summed E-state index contributed by atoms with van der Waals surface area (Å²) in [5.41, 5.74) is 5.87. The van der Waals surface area contributed by atoms with Gasteiger partial charge in [-0.15, -0.1) is 0 Å². The fraction of sp³-hybridized carbons (Fsp3) is 0.545. The van der Waals surface area contributed by atoms with E-state index in [4.69, 9.17) is 15.0 Å². The molecule has 2 aromatic heterocycles. The minimum Gasteiger partial charge on any atom is -0.375 e. The van der Waals surface area contributed by atoms with Crippen LogP contribution in [-0.4, -0.2) is 21.7 Å². The van der Waals surface area contributed by atoms with Crippen LogP contribution in [-0.2, 0) is 10.3 Å². The summed E-state index contributed by atoms with van der Waals surface area (Å²) in [6, 6.07) is 0. The predicted molar refractivity (Wildman–Crippen MR) is 69.2 cm³/mol. The second-order valence-electron chi connectivity index (χ2n) is 4.33. The maximum Gasteiger partial charge on any atom is 0.270 e. The van der Waals surface area contributed by atoms with Gasteiger partial charge >= 0.3 is 0 Å². The van der Waals surface area contributed by atoms with Gasteiger partial charge in [-0.1, -0.05) is 16.5 Å². The van der Waals surface area contributed by atoms with Gasteiger partial charge in [0.1, 0.15) is 10.5 Å². The first-order valence-electron chi connectivity index (χ1n) is 5.65. The van der Waals surface area contributed by atoms with Crippen molar-refractivity contribution in [3.05, 3.63) is 11.5 Å². The van der Waals surface area contributed by atoms with Gasteiger partial charge in [-0.3, -0.25) is 0 Å². The zero-order valence-corrected chi connectivity index (χ0v) is 11.7. The molecule has 0 aromatic carbocycles. The number of thiazole rings is 1. The fourth-order valence-corrected chi connectivity index (χ4v) is 2.36. The van der Waals surface area contributed by atoms with Gasteiger partial charge in [-0.05, 0) is 27.7 Å². The molecule has 0 radical (unpaired) electrons. The molecule has 0 aliphatic rings. The second-order valence-corrected chi connectivity index (χ2v) is 5.36. The number of aryl methyl sites for hydroxylation is 1. The van der Waals surface area contributed by atoms with E-state index in [1.54, 1.807) is 0 Å². The van der Waals surface area contributed by atoms with Crippen molar-refractivity contribution in [2.45, 2.75) is 33.3 Å². The number of aromatic nitrogens is 3. The van der Waals surface area contributed by atoms with Crippen molar-refractivity contribution in [3.8, 4) is 10.8 Å². The Labute approximate surface area is 109 Å². The van der Waals surface area contributed by atoms with Gasteiger partial charge < -0.3 is 15.0 Å². The quantitative estimate of drug-likeness (QED) is 0.915. The number of hydrogen-bond acceptors (Lipinski definition) is 7. The largest absolute Gasteiger partial charge is 0.375 e. The number of hydrogen-bond donors (Lipinski definition) is 1. The topological polar surface area (TPSA) is 87.1 Å². The molecule has 7 heteroatoms. The first-order chi connectivity index (χ1) is 8.44. The number of nitrogen functional groups attached to an aromatic ring is 1. The summed E-state index contributed by atoms with van der Waals surface area (Å²) in [5, 5.41) is 4.45. The molecule has 0 bridgehead atoms. The summed E-state index contributed by atoms with van der Waals surface area (Å²) in [6.45, 7) is 8.18. The molecular weight excluding hydrogens is 252 g/mol. The van der Waals surface area contributed by atoms with E-state index in [2.05, 4.69) is 15.1 Å². The lowest BCUT2D eigenvalue weighted by molar-refractivity contribution is -0.0221. The minimum absolute atomic E-state index is 0.435. The molecule has 98 valence electrons. The second kappa shape index (κ2) is 4.66. The highest BCUT2D eigenvalue weighted by atomic mass is 32.1. The SMILES string of the molecule is CCOC(C)(C)c1noc(-c2sc(N)nc2C)n1. The van der Waals surface area contributed by atoms with Gasteiger partial charge in [0.15, 0.2) is 5.13 Å². The molecule has 0 fully saturated rings. The summed E-state index contributed by atoms with van der Waals surface area (Å²) in [4.78, 5) is 9.29. The Morgan fingerprint density at radius 1 is 1.39 bits per heavy atom. The summed E-state index contributed by atoms with van der Waals surface area (Å²) in [5.74, 6) is 0.954. The van der Waals surface area contributed by atoms with E-state index >= 15 is 0 Å². The highest BCUT2D eigenvalue weighted by Crippen LogP contribution is 2.31. The predicted octanol–water partition coefficient (Wildman–Crippen LogP) is 2.36. The average molecular weight is 268 g/mol. The number of nitrogens with zero attached hydrogens (tertiary/aromatic N) is 3. The molecule has 2 heterocycles. The normalized spacial score (nSPS) is 12.0. The molecule has 0 spiro atoms. The molecule has 2 aromatic rings. The van der Waals surface area contributed by atoms with Crippen molar-refractivity contribution >= 4 is 16.5 Å². The minimum atomic E-state index is -0.569. The summed E-state index contributed by atoms with van der Waals surface area (Å²) >= 11 is 1.33. The molecule has 0 aliphatic heterocycles. The summed E-state index contributed by atoms with van der Waals surface area (Å²) in [7, 11) is 0. The van der Waals surface area contributed by atoms with Crippen LogP contribution in [0.25, 0.3) is 10.8 Å². The fourth-order valence-electron chi connectivity index (χ4n) is 1.60. The number of ether oxygens (including phenoxy) is 1. The first-order valence-corrected chi connectivity index (χ1v) is 6.47. The first kappa shape index (κ1) is 13.0. The number of rotatable bonds is 4. The van der Waals surface area contributed by atoms with Crippen LogP contribution < -0.4 is 5.73 Å². The molecule has 2 rings (SSSR count). The third-order valence-corrected chi connectivity index (χ3v) is 3.45. The Balaban J connectivity index is 2.34. The molecule has 0 aliphatic carbocycles. The van der Waals surface area contributed by atoms with Crippen LogP contribution in [0.2, 0.25) is 0 Å². The van der Waals surface area contributed by atoms with Crippen molar-refractivity contribution in [3.63, 3.8) is 0 Å².